The van der Waals surface area contributed by atoms with Gasteiger partial charge in [-0.1, -0.05) is 51.0 Å². The van der Waals surface area contributed by atoms with Crippen molar-refractivity contribution in [3.63, 3.8) is 0 Å². The Morgan fingerprint density at radius 2 is 1.84 bits per heavy atom. The molecule has 0 radical (unpaired) electrons. The first-order valence-electron chi connectivity index (χ1n) is 8.87. The van der Waals surface area contributed by atoms with Gasteiger partial charge in [-0.2, -0.15) is 0 Å². The Labute approximate surface area is 149 Å². The zero-order chi connectivity index (χ0) is 18.0. The van der Waals surface area contributed by atoms with Crippen molar-refractivity contribution in [3.8, 4) is 16.9 Å². The second kappa shape index (κ2) is 6.88. The van der Waals surface area contributed by atoms with Crippen LogP contribution in [0.25, 0.3) is 22.2 Å². The predicted octanol–water partition coefficient (Wildman–Crippen LogP) is 3.93. The number of anilines is 1. The average Bonchev–Trinajstić information content (AvgIpc) is 3.05. The van der Waals surface area contributed by atoms with Gasteiger partial charge in [-0.15, -0.1) is 0 Å². The molecule has 0 saturated carbocycles. The molecular formula is C19H26N4OSi. The third kappa shape index (κ3) is 2.80. The highest BCUT2D eigenvalue weighted by atomic mass is 28.3. The molecule has 0 aliphatic carbocycles. The number of rotatable bonds is 6. The highest BCUT2D eigenvalue weighted by Crippen LogP contribution is 2.35. The molecule has 5 nitrogen and oxygen atoms in total. The third-order valence-corrected chi connectivity index (χ3v) is 11.0. The lowest BCUT2D eigenvalue weighted by molar-refractivity contribution is 0.415. The van der Waals surface area contributed by atoms with E-state index in [4.69, 9.17) is 10.5 Å². The summed E-state index contributed by atoms with van der Waals surface area (Å²) in [4.78, 5) is 12.3. The van der Waals surface area contributed by atoms with Gasteiger partial charge in [0.1, 0.15) is 31.6 Å². The molecule has 2 heterocycles. The molecule has 3 rings (SSSR count). The van der Waals surface area contributed by atoms with Crippen LogP contribution in [0.15, 0.2) is 30.6 Å². The summed E-state index contributed by atoms with van der Waals surface area (Å²) in [7, 11) is 0.0162. The molecule has 0 unspecified atom stereocenters. The second-order valence-corrected chi connectivity index (χ2v) is 11.6. The lowest BCUT2D eigenvalue weighted by atomic mass is 10.1. The summed E-state index contributed by atoms with van der Waals surface area (Å²) in [5.74, 6) is 1.36. The molecule has 0 aliphatic heterocycles. The molecule has 0 aliphatic rings. The topological polar surface area (TPSA) is 76.8 Å². The molecule has 0 spiro atoms. The standard InChI is InChI=1S/C19H26N4OSi/c1-5-25(6-2,7-3)19-15(13-9-8-10-14(11-13)24-4)16-17(20)21-12-22-18(16)23-19/h8-12H,5-7H2,1-4H3,(H3,20,21,22,23). The van der Waals surface area contributed by atoms with Crippen LogP contribution in [0.5, 0.6) is 5.75 Å². The van der Waals surface area contributed by atoms with E-state index in [-0.39, 0.29) is 0 Å². The molecule has 0 amide bonds. The van der Waals surface area contributed by atoms with Gasteiger partial charge in [0, 0.05) is 10.9 Å². The molecule has 1 aromatic carbocycles. The van der Waals surface area contributed by atoms with E-state index in [0.29, 0.717) is 5.82 Å². The van der Waals surface area contributed by atoms with Gasteiger partial charge in [-0.25, -0.2) is 9.97 Å². The summed E-state index contributed by atoms with van der Waals surface area (Å²) in [6.07, 6.45) is 1.53. The van der Waals surface area contributed by atoms with Crippen molar-refractivity contribution in [2.45, 2.75) is 38.9 Å². The summed E-state index contributed by atoms with van der Waals surface area (Å²) in [6.45, 7) is 6.90. The molecule has 3 aromatic rings. The maximum atomic E-state index is 6.26. The van der Waals surface area contributed by atoms with Gasteiger partial charge < -0.3 is 15.5 Å². The van der Waals surface area contributed by atoms with Crippen molar-refractivity contribution in [3.05, 3.63) is 30.6 Å². The van der Waals surface area contributed by atoms with Crippen LogP contribution in [-0.2, 0) is 0 Å². The van der Waals surface area contributed by atoms with E-state index in [0.717, 1.165) is 27.9 Å². The normalized spacial score (nSPS) is 11.8. The van der Waals surface area contributed by atoms with Crippen LogP contribution in [0.1, 0.15) is 20.8 Å². The zero-order valence-corrected chi connectivity index (χ0v) is 16.4. The number of aromatic nitrogens is 3. The summed E-state index contributed by atoms with van der Waals surface area (Å²) < 4.78 is 5.44. The van der Waals surface area contributed by atoms with Crippen LogP contribution >= 0.6 is 0 Å². The largest absolute Gasteiger partial charge is 0.497 e. The fourth-order valence-electron chi connectivity index (χ4n) is 3.79. The third-order valence-electron chi connectivity index (χ3n) is 5.54. The smallest absolute Gasteiger partial charge is 0.143 e. The summed E-state index contributed by atoms with van der Waals surface area (Å²) in [6, 6.07) is 11.7. The lowest BCUT2D eigenvalue weighted by Gasteiger charge is -2.28. The van der Waals surface area contributed by atoms with Crippen molar-refractivity contribution in [2.24, 2.45) is 0 Å². The van der Waals surface area contributed by atoms with Crippen LogP contribution in [0, 0.1) is 0 Å². The molecule has 0 saturated heterocycles. The number of hydrogen-bond acceptors (Lipinski definition) is 4. The minimum Gasteiger partial charge on any atom is -0.497 e. The monoisotopic (exact) mass is 354 g/mol. The fourth-order valence-corrected chi connectivity index (χ4v) is 7.54. The van der Waals surface area contributed by atoms with E-state index in [9.17, 15) is 0 Å². The highest BCUT2D eigenvalue weighted by Gasteiger charge is 2.35. The lowest BCUT2D eigenvalue weighted by Crippen LogP contribution is -2.47. The Morgan fingerprint density at radius 3 is 2.48 bits per heavy atom. The van der Waals surface area contributed by atoms with Crippen LogP contribution in [0.3, 0.4) is 0 Å². The number of nitrogens with one attached hydrogen (secondary N) is 1. The molecule has 2 aromatic heterocycles. The minimum atomic E-state index is -1.67. The Hall–Kier alpha value is -2.34. The number of methoxy groups -OCH3 is 1. The van der Waals surface area contributed by atoms with Crippen molar-refractivity contribution in [2.75, 3.05) is 12.8 Å². The van der Waals surface area contributed by atoms with E-state index in [1.165, 1.54) is 29.8 Å². The molecule has 0 atom stereocenters. The first-order chi connectivity index (χ1) is 12.1. The molecule has 3 N–H and O–H groups in total. The van der Waals surface area contributed by atoms with Crippen LogP contribution < -0.4 is 15.8 Å². The maximum Gasteiger partial charge on any atom is 0.143 e. The summed E-state index contributed by atoms with van der Waals surface area (Å²) in [5.41, 5.74) is 9.35. The van der Waals surface area contributed by atoms with Gasteiger partial charge in [0.2, 0.25) is 0 Å². The van der Waals surface area contributed by atoms with Gasteiger partial charge in [-0.3, -0.25) is 0 Å². The Kier molecular flexibility index (Phi) is 4.81. The number of hydrogen-bond donors (Lipinski definition) is 2. The average molecular weight is 355 g/mol. The molecule has 132 valence electrons. The van der Waals surface area contributed by atoms with E-state index in [1.807, 2.05) is 12.1 Å². The second-order valence-electron chi connectivity index (χ2n) is 6.43. The van der Waals surface area contributed by atoms with Gasteiger partial charge in [0.25, 0.3) is 0 Å². The summed E-state index contributed by atoms with van der Waals surface area (Å²) >= 11 is 0. The first-order valence-corrected chi connectivity index (χ1v) is 11.5. The van der Waals surface area contributed by atoms with E-state index >= 15 is 0 Å². The molecule has 0 fully saturated rings. The SMILES string of the molecule is CC[Si](CC)(CC)c1[nH]c2ncnc(N)c2c1-c1cccc(OC)c1. The van der Waals surface area contributed by atoms with Crippen molar-refractivity contribution in [1.29, 1.82) is 0 Å². The maximum absolute atomic E-state index is 6.26. The Morgan fingerprint density at radius 1 is 1.12 bits per heavy atom. The molecule has 0 bridgehead atoms. The number of nitrogens with zero attached hydrogens (tertiary/aromatic N) is 2. The number of ether oxygens (including phenoxy) is 1. The zero-order valence-electron chi connectivity index (χ0n) is 15.4. The number of aromatic amines is 1. The number of nitrogens with two attached hydrogens (primary N) is 1. The van der Waals surface area contributed by atoms with Crippen LogP contribution in [-0.4, -0.2) is 30.1 Å². The molecule has 6 heteroatoms. The molecular weight excluding hydrogens is 328 g/mol. The predicted molar refractivity (Wildman–Crippen MR) is 107 cm³/mol. The fraction of sp³-hybridized carbons (Fsp3) is 0.368. The van der Waals surface area contributed by atoms with Gasteiger partial charge >= 0.3 is 0 Å². The van der Waals surface area contributed by atoms with Crippen molar-refractivity contribution < 1.29 is 4.74 Å². The van der Waals surface area contributed by atoms with Crippen molar-refractivity contribution >= 4 is 30.2 Å². The number of nitrogen functional groups attached to an aromatic ring is 1. The van der Waals surface area contributed by atoms with Gasteiger partial charge in [0.05, 0.1) is 12.5 Å². The van der Waals surface area contributed by atoms with E-state index in [2.05, 4.69) is 47.9 Å². The van der Waals surface area contributed by atoms with Gasteiger partial charge in [0.15, 0.2) is 0 Å². The number of H-pyrrole nitrogens is 1. The highest BCUT2D eigenvalue weighted by molar-refractivity contribution is 6.92. The first kappa shape index (κ1) is 17.5. The molecule has 25 heavy (non-hydrogen) atoms. The Balaban J connectivity index is 2.40. The van der Waals surface area contributed by atoms with Gasteiger partial charge in [-0.05, 0) is 17.7 Å². The number of fused-ring (bicyclic) bond motifs is 1. The van der Waals surface area contributed by atoms with Crippen LogP contribution in [0.2, 0.25) is 18.1 Å². The van der Waals surface area contributed by atoms with Crippen LogP contribution in [0.4, 0.5) is 5.82 Å². The minimum absolute atomic E-state index is 0.525. The van der Waals surface area contributed by atoms with Crippen molar-refractivity contribution in [1.82, 2.24) is 15.0 Å². The number of benzene rings is 1. The summed E-state index contributed by atoms with van der Waals surface area (Å²) in [5, 5.41) is 2.26. The quantitative estimate of drug-likeness (QED) is 0.658. The van der Waals surface area contributed by atoms with E-state index < -0.39 is 8.07 Å². The van der Waals surface area contributed by atoms with E-state index in [1.54, 1.807) is 7.11 Å². The Bertz CT molecular complexity index is 878.